The van der Waals surface area contributed by atoms with Gasteiger partial charge in [-0.1, -0.05) is 6.92 Å². The molecule has 2 atom stereocenters. The fraction of sp³-hybridized carbons (Fsp3) is 0.909. The van der Waals surface area contributed by atoms with Gasteiger partial charge in [-0.3, -0.25) is 4.79 Å². The first-order valence-electron chi connectivity index (χ1n) is 6.31. The predicted octanol–water partition coefficient (Wildman–Crippen LogP) is -0.960. The topological polar surface area (TPSA) is 95.5 Å². The van der Waals surface area contributed by atoms with Gasteiger partial charge >= 0.3 is 0 Å². The molecule has 0 bridgehead atoms. The van der Waals surface area contributed by atoms with Crippen LogP contribution in [0.15, 0.2) is 0 Å². The molecule has 0 aliphatic carbocycles. The molecule has 0 saturated carbocycles. The standard InChI is InChI=1S/C11H22N2O4S/c1-2-9(3-5-14)13-11(15)7-10-8-18(16,17)6-4-12-10/h9-10,12,14H,2-8H2,1H3,(H,13,15). The Kier molecular flexibility index (Phi) is 6.04. The molecule has 0 aromatic heterocycles. The van der Waals surface area contributed by atoms with E-state index in [1.165, 1.54) is 0 Å². The van der Waals surface area contributed by atoms with Crippen molar-refractivity contribution in [3.05, 3.63) is 0 Å². The largest absolute Gasteiger partial charge is 0.396 e. The van der Waals surface area contributed by atoms with Crippen molar-refractivity contribution in [3.8, 4) is 0 Å². The lowest BCUT2D eigenvalue weighted by atomic mass is 10.1. The van der Waals surface area contributed by atoms with Gasteiger partial charge in [-0.2, -0.15) is 0 Å². The second-order valence-electron chi connectivity index (χ2n) is 4.65. The molecule has 1 heterocycles. The fourth-order valence-electron chi connectivity index (χ4n) is 2.04. The van der Waals surface area contributed by atoms with Crippen molar-refractivity contribution >= 4 is 15.7 Å². The van der Waals surface area contributed by atoms with E-state index >= 15 is 0 Å². The second-order valence-corrected chi connectivity index (χ2v) is 6.88. The quantitative estimate of drug-likeness (QED) is 0.581. The first-order chi connectivity index (χ1) is 8.46. The Hall–Kier alpha value is -0.660. The molecule has 18 heavy (non-hydrogen) atoms. The molecule has 1 saturated heterocycles. The van der Waals surface area contributed by atoms with Crippen LogP contribution in [0.3, 0.4) is 0 Å². The van der Waals surface area contributed by atoms with Crippen LogP contribution in [0.25, 0.3) is 0 Å². The highest BCUT2D eigenvalue weighted by molar-refractivity contribution is 7.91. The van der Waals surface area contributed by atoms with Crippen molar-refractivity contribution in [1.29, 1.82) is 0 Å². The third kappa shape index (κ3) is 5.32. The summed E-state index contributed by atoms with van der Waals surface area (Å²) in [6, 6.07) is -0.335. The maximum Gasteiger partial charge on any atom is 0.221 e. The van der Waals surface area contributed by atoms with Crippen LogP contribution in [-0.4, -0.2) is 56.2 Å². The molecular formula is C11H22N2O4S. The molecule has 1 rings (SSSR count). The molecule has 1 aliphatic rings. The molecular weight excluding hydrogens is 256 g/mol. The van der Waals surface area contributed by atoms with E-state index in [4.69, 9.17) is 5.11 Å². The molecule has 0 aromatic carbocycles. The van der Waals surface area contributed by atoms with Crippen LogP contribution in [0, 0.1) is 0 Å². The zero-order valence-corrected chi connectivity index (χ0v) is 11.5. The van der Waals surface area contributed by atoms with Gasteiger partial charge in [-0.15, -0.1) is 0 Å². The van der Waals surface area contributed by atoms with E-state index in [1.54, 1.807) is 0 Å². The summed E-state index contributed by atoms with van der Waals surface area (Å²) < 4.78 is 22.8. The highest BCUT2D eigenvalue weighted by atomic mass is 32.2. The molecule has 1 amide bonds. The van der Waals surface area contributed by atoms with Crippen molar-refractivity contribution in [2.45, 2.75) is 38.3 Å². The number of hydrogen-bond donors (Lipinski definition) is 3. The molecule has 0 radical (unpaired) electrons. The maximum atomic E-state index is 11.7. The van der Waals surface area contributed by atoms with Crippen molar-refractivity contribution in [2.75, 3.05) is 24.7 Å². The van der Waals surface area contributed by atoms with Crippen LogP contribution in [0.5, 0.6) is 0 Å². The number of aliphatic hydroxyl groups excluding tert-OH is 1. The lowest BCUT2D eigenvalue weighted by Crippen LogP contribution is -2.48. The molecule has 1 aliphatic heterocycles. The number of sulfone groups is 1. The summed E-state index contributed by atoms with van der Waals surface area (Å²) in [6.45, 7) is 2.38. The molecule has 6 nitrogen and oxygen atoms in total. The van der Waals surface area contributed by atoms with Crippen LogP contribution >= 0.6 is 0 Å². The Balaban J connectivity index is 2.39. The highest BCUT2D eigenvalue weighted by Gasteiger charge is 2.26. The van der Waals surface area contributed by atoms with Crippen molar-refractivity contribution < 1.29 is 18.3 Å². The van der Waals surface area contributed by atoms with E-state index < -0.39 is 9.84 Å². The lowest BCUT2D eigenvalue weighted by Gasteiger charge is -2.24. The minimum Gasteiger partial charge on any atom is -0.396 e. The lowest BCUT2D eigenvalue weighted by molar-refractivity contribution is -0.122. The highest BCUT2D eigenvalue weighted by Crippen LogP contribution is 2.06. The Morgan fingerprint density at radius 3 is 2.83 bits per heavy atom. The van der Waals surface area contributed by atoms with Crippen molar-refractivity contribution in [2.24, 2.45) is 0 Å². The first kappa shape index (κ1) is 15.4. The first-order valence-corrected chi connectivity index (χ1v) is 8.13. The van der Waals surface area contributed by atoms with Crippen LogP contribution in [0.2, 0.25) is 0 Å². The molecule has 106 valence electrons. The summed E-state index contributed by atoms with van der Waals surface area (Å²) >= 11 is 0. The summed E-state index contributed by atoms with van der Waals surface area (Å²) in [5, 5.41) is 14.7. The minimum absolute atomic E-state index is 0.0250. The van der Waals surface area contributed by atoms with Gasteiger partial charge in [0.25, 0.3) is 0 Å². The Bertz CT molecular complexity index is 369. The van der Waals surface area contributed by atoms with Crippen molar-refractivity contribution in [1.82, 2.24) is 10.6 Å². The van der Waals surface area contributed by atoms with Gasteiger partial charge in [0.15, 0.2) is 9.84 Å². The number of aliphatic hydroxyl groups is 1. The Morgan fingerprint density at radius 1 is 1.56 bits per heavy atom. The number of carbonyl (C=O) groups is 1. The van der Waals surface area contributed by atoms with Gasteiger partial charge in [-0.25, -0.2) is 8.42 Å². The number of amides is 1. The van der Waals surface area contributed by atoms with Crippen LogP contribution in [0.4, 0.5) is 0 Å². The zero-order valence-electron chi connectivity index (χ0n) is 10.7. The van der Waals surface area contributed by atoms with Gasteiger partial charge in [-0.05, 0) is 12.8 Å². The molecule has 1 fully saturated rings. The SMILES string of the molecule is CCC(CCO)NC(=O)CC1CS(=O)(=O)CCN1. The average Bonchev–Trinajstić information content (AvgIpc) is 2.26. The van der Waals surface area contributed by atoms with Crippen LogP contribution in [0.1, 0.15) is 26.2 Å². The second kappa shape index (κ2) is 7.06. The maximum absolute atomic E-state index is 11.7. The van der Waals surface area contributed by atoms with E-state index in [0.717, 1.165) is 6.42 Å². The van der Waals surface area contributed by atoms with Crippen LogP contribution < -0.4 is 10.6 Å². The minimum atomic E-state index is -3.00. The number of carbonyl (C=O) groups excluding carboxylic acids is 1. The molecule has 3 N–H and O–H groups in total. The predicted molar refractivity (Wildman–Crippen MR) is 69.0 cm³/mol. The van der Waals surface area contributed by atoms with E-state index in [0.29, 0.717) is 13.0 Å². The Morgan fingerprint density at radius 2 is 2.28 bits per heavy atom. The average molecular weight is 278 g/mol. The van der Waals surface area contributed by atoms with Gasteiger partial charge in [0, 0.05) is 31.7 Å². The third-order valence-electron chi connectivity index (χ3n) is 3.07. The smallest absolute Gasteiger partial charge is 0.221 e. The molecule has 7 heteroatoms. The summed E-state index contributed by atoms with van der Waals surface area (Å²) in [5.41, 5.74) is 0. The van der Waals surface area contributed by atoms with Crippen molar-refractivity contribution in [3.63, 3.8) is 0 Å². The number of nitrogens with one attached hydrogen (secondary N) is 2. The molecule has 2 unspecified atom stereocenters. The number of rotatable bonds is 6. The molecule has 0 spiro atoms. The summed E-state index contributed by atoms with van der Waals surface area (Å²) in [5.74, 6) is 0.00893. The zero-order chi connectivity index (χ0) is 13.6. The monoisotopic (exact) mass is 278 g/mol. The van der Waals surface area contributed by atoms with Gasteiger partial charge < -0.3 is 15.7 Å². The van der Waals surface area contributed by atoms with Gasteiger partial charge in [0.05, 0.1) is 11.5 Å². The summed E-state index contributed by atoms with van der Waals surface area (Å²) in [4.78, 5) is 11.7. The summed E-state index contributed by atoms with van der Waals surface area (Å²) in [7, 11) is -3.00. The van der Waals surface area contributed by atoms with E-state index in [1.807, 2.05) is 6.92 Å². The third-order valence-corrected chi connectivity index (χ3v) is 4.80. The number of hydrogen-bond acceptors (Lipinski definition) is 5. The van der Waals surface area contributed by atoms with Gasteiger partial charge in [0.1, 0.15) is 0 Å². The Labute approximate surface area is 108 Å². The fourth-order valence-corrected chi connectivity index (χ4v) is 3.49. The van der Waals surface area contributed by atoms with E-state index in [2.05, 4.69) is 10.6 Å². The van der Waals surface area contributed by atoms with Gasteiger partial charge in [0.2, 0.25) is 5.91 Å². The van der Waals surface area contributed by atoms with Crippen LogP contribution in [-0.2, 0) is 14.6 Å². The van der Waals surface area contributed by atoms with E-state index in [9.17, 15) is 13.2 Å². The summed E-state index contributed by atoms with van der Waals surface area (Å²) in [6.07, 6.45) is 1.45. The normalized spacial score (nSPS) is 24.4. The molecule has 0 aromatic rings. The van der Waals surface area contributed by atoms with E-state index in [-0.39, 0.29) is 42.5 Å².